The van der Waals surface area contributed by atoms with Gasteiger partial charge in [-0.1, -0.05) is 6.92 Å². The van der Waals surface area contributed by atoms with Gasteiger partial charge in [-0.25, -0.2) is 9.18 Å². The van der Waals surface area contributed by atoms with Crippen LogP contribution in [0, 0.1) is 11.7 Å². The molecule has 3 nitrogen and oxygen atoms in total. The van der Waals surface area contributed by atoms with Gasteiger partial charge in [0.1, 0.15) is 5.82 Å². The van der Waals surface area contributed by atoms with Gasteiger partial charge in [-0.2, -0.15) is 0 Å². The molecule has 0 aromatic heterocycles. The van der Waals surface area contributed by atoms with E-state index in [2.05, 4.69) is 12.2 Å². The summed E-state index contributed by atoms with van der Waals surface area (Å²) in [7, 11) is 0. The number of carbonyl (C=O) groups is 1. The van der Waals surface area contributed by atoms with Crippen LogP contribution in [0.15, 0.2) is 18.2 Å². The summed E-state index contributed by atoms with van der Waals surface area (Å²) in [5, 5.41) is 12.1. The molecule has 1 aromatic carbocycles. The molecule has 0 heterocycles. The lowest BCUT2D eigenvalue weighted by Crippen LogP contribution is -2.15. The molecule has 92 valence electrons. The summed E-state index contributed by atoms with van der Waals surface area (Å²) in [6.07, 6.45) is 3.35. The Labute approximate surface area is 99.7 Å². The van der Waals surface area contributed by atoms with Crippen molar-refractivity contribution in [3.05, 3.63) is 29.6 Å². The maximum atomic E-state index is 13.2. The smallest absolute Gasteiger partial charge is 0.338 e. The standard InChI is InChI=1S/C13H16FNO2/c1-8-2-3-9(6-8)15-10-4-5-12(14)11(7-10)13(16)17/h4-5,7-9,15H,2-3,6H2,1H3,(H,16,17). The number of nitrogens with one attached hydrogen (secondary N) is 1. The van der Waals surface area contributed by atoms with Crippen LogP contribution in [0.2, 0.25) is 0 Å². The number of hydrogen-bond acceptors (Lipinski definition) is 2. The van der Waals surface area contributed by atoms with Gasteiger partial charge in [-0.15, -0.1) is 0 Å². The lowest BCUT2D eigenvalue weighted by Gasteiger charge is -2.14. The summed E-state index contributed by atoms with van der Waals surface area (Å²) in [5.41, 5.74) is 0.406. The molecule has 1 aliphatic carbocycles. The summed E-state index contributed by atoms with van der Waals surface area (Å²) in [6, 6.07) is 4.52. The van der Waals surface area contributed by atoms with E-state index < -0.39 is 11.8 Å². The maximum Gasteiger partial charge on any atom is 0.338 e. The van der Waals surface area contributed by atoms with Gasteiger partial charge in [0.15, 0.2) is 0 Å². The predicted octanol–water partition coefficient (Wildman–Crippen LogP) is 3.12. The molecule has 17 heavy (non-hydrogen) atoms. The molecule has 0 saturated heterocycles. The van der Waals surface area contributed by atoms with Crippen molar-refractivity contribution in [3.63, 3.8) is 0 Å². The molecule has 0 aliphatic heterocycles. The molecule has 0 amide bonds. The zero-order chi connectivity index (χ0) is 12.4. The first-order valence-corrected chi connectivity index (χ1v) is 5.85. The van der Waals surface area contributed by atoms with Gasteiger partial charge in [0.2, 0.25) is 0 Å². The van der Waals surface area contributed by atoms with Crippen molar-refractivity contribution >= 4 is 11.7 Å². The summed E-state index contributed by atoms with van der Waals surface area (Å²) in [4.78, 5) is 10.8. The number of carboxylic acids is 1. The van der Waals surface area contributed by atoms with Crippen molar-refractivity contribution in [1.82, 2.24) is 0 Å². The lowest BCUT2D eigenvalue weighted by molar-refractivity contribution is 0.0692. The molecule has 0 spiro atoms. The van der Waals surface area contributed by atoms with Crippen molar-refractivity contribution in [2.24, 2.45) is 5.92 Å². The summed E-state index contributed by atoms with van der Waals surface area (Å²) >= 11 is 0. The fourth-order valence-corrected chi connectivity index (χ4v) is 2.35. The second-order valence-corrected chi connectivity index (χ2v) is 4.76. The Bertz CT molecular complexity index is 433. The quantitative estimate of drug-likeness (QED) is 0.849. The second-order valence-electron chi connectivity index (χ2n) is 4.76. The van der Waals surface area contributed by atoms with Crippen molar-refractivity contribution in [1.29, 1.82) is 0 Å². The van der Waals surface area contributed by atoms with Gasteiger partial charge in [-0.05, 0) is 43.4 Å². The van der Waals surface area contributed by atoms with E-state index in [1.54, 1.807) is 6.07 Å². The Balaban J connectivity index is 2.11. The highest BCUT2D eigenvalue weighted by Gasteiger charge is 2.21. The van der Waals surface area contributed by atoms with E-state index in [9.17, 15) is 9.18 Å². The molecule has 2 atom stereocenters. The van der Waals surface area contributed by atoms with Gasteiger partial charge in [0, 0.05) is 11.7 Å². The molecule has 0 bridgehead atoms. The monoisotopic (exact) mass is 237 g/mol. The molecule has 1 aromatic rings. The zero-order valence-electron chi connectivity index (χ0n) is 9.74. The Morgan fingerprint density at radius 2 is 2.24 bits per heavy atom. The number of carboxylic acid groups (broad SMARTS) is 1. The number of hydrogen-bond donors (Lipinski definition) is 2. The molecule has 2 rings (SSSR count). The first-order valence-electron chi connectivity index (χ1n) is 5.85. The van der Waals surface area contributed by atoms with Crippen LogP contribution in [0.1, 0.15) is 36.5 Å². The van der Waals surface area contributed by atoms with E-state index in [0.29, 0.717) is 17.6 Å². The third-order valence-electron chi connectivity index (χ3n) is 3.26. The Morgan fingerprint density at radius 1 is 1.47 bits per heavy atom. The predicted molar refractivity (Wildman–Crippen MR) is 63.8 cm³/mol. The van der Waals surface area contributed by atoms with Crippen LogP contribution in [0.4, 0.5) is 10.1 Å². The number of anilines is 1. The fourth-order valence-electron chi connectivity index (χ4n) is 2.35. The molecular formula is C13H16FNO2. The average molecular weight is 237 g/mol. The normalized spacial score (nSPS) is 23.6. The van der Waals surface area contributed by atoms with Gasteiger partial charge in [0.05, 0.1) is 5.56 Å². The molecule has 4 heteroatoms. The van der Waals surface area contributed by atoms with E-state index in [4.69, 9.17) is 5.11 Å². The van der Waals surface area contributed by atoms with E-state index in [1.807, 2.05) is 0 Å². The van der Waals surface area contributed by atoms with Crippen LogP contribution in [-0.2, 0) is 0 Å². The third kappa shape index (κ3) is 2.75. The number of aromatic carboxylic acids is 1. The molecule has 2 N–H and O–H groups in total. The summed E-state index contributed by atoms with van der Waals surface area (Å²) in [6.45, 7) is 2.20. The third-order valence-corrected chi connectivity index (χ3v) is 3.26. The minimum absolute atomic E-state index is 0.277. The Hall–Kier alpha value is -1.58. The highest BCUT2D eigenvalue weighted by Crippen LogP contribution is 2.28. The first kappa shape index (κ1) is 11.9. The van der Waals surface area contributed by atoms with Gasteiger partial charge < -0.3 is 10.4 Å². The zero-order valence-corrected chi connectivity index (χ0v) is 9.74. The Morgan fingerprint density at radius 3 is 2.82 bits per heavy atom. The highest BCUT2D eigenvalue weighted by atomic mass is 19.1. The van der Waals surface area contributed by atoms with Crippen LogP contribution in [0.25, 0.3) is 0 Å². The molecule has 1 saturated carbocycles. The van der Waals surface area contributed by atoms with Crippen LogP contribution < -0.4 is 5.32 Å². The van der Waals surface area contributed by atoms with Crippen molar-refractivity contribution in [2.45, 2.75) is 32.2 Å². The van der Waals surface area contributed by atoms with Crippen LogP contribution in [-0.4, -0.2) is 17.1 Å². The highest BCUT2D eigenvalue weighted by molar-refractivity contribution is 5.89. The minimum Gasteiger partial charge on any atom is -0.478 e. The van der Waals surface area contributed by atoms with E-state index >= 15 is 0 Å². The minimum atomic E-state index is -1.23. The largest absolute Gasteiger partial charge is 0.478 e. The topological polar surface area (TPSA) is 49.3 Å². The van der Waals surface area contributed by atoms with Gasteiger partial charge in [-0.3, -0.25) is 0 Å². The summed E-state index contributed by atoms with van der Waals surface area (Å²) in [5.74, 6) is -1.22. The number of rotatable bonds is 3. The Kier molecular flexibility index (Phi) is 3.31. The molecule has 2 unspecified atom stereocenters. The van der Waals surface area contributed by atoms with E-state index in [0.717, 1.165) is 12.8 Å². The molecular weight excluding hydrogens is 221 g/mol. The van der Waals surface area contributed by atoms with Crippen LogP contribution in [0.3, 0.4) is 0 Å². The van der Waals surface area contributed by atoms with Crippen LogP contribution >= 0.6 is 0 Å². The van der Waals surface area contributed by atoms with E-state index in [-0.39, 0.29) is 5.56 Å². The first-order chi connectivity index (χ1) is 8.06. The molecule has 1 fully saturated rings. The van der Waals surface area contributed by atoms with Crippen molar-refractivity contribution in [2.75, 3.05) is 5.32 Å². The SMILES string of the molecule is CC1CCC(Nc2ccc(F)c(C(=O)O)c2)C1. The average Bonchev–Trinajstić information content (AvgIpc) is 2.66. The van der Waals surface area contributed by atoms with E-state index in [1.165, 1.54) is 18.6 Å². The molecule has 1 aliphatic rings. The summed E-state index contributed by atoms with van der Waals surface area (Å²) < 4.78 is 13.2. The molecule has 0 radical (unpaired) electrons. The lowest BCUT2D eigenvalue weighted by atomic mass is 10.1. The van der Waals surface area contributed by atoms with Crippen molar-refractivity contribution in [3.8, 4) is 0 Å². The maximum absolute atomic E-state index is 13.2. The fraction of sp³-hybridized carbons (Fsp3) is 0.462. The number of benzene rings is 1. The van der Waals surface area contributed by atoms with Crippen LogP contribution in [0.5, 0.6) is 0 Å². The number of halogens is 1. The van der Waals surface area contributed by atoms with Gasteiger partial charge >= 0.3 is 5.97 Å². The van der Waals surface area contributed by atoms with Gasteiger partial charge in [0.25, 0.3) is 0 Å². The second kappa shape index (κ2) is 4.73. The van der Waals surface area contributed by atoms with Crippen molar-refractivity contribution < 1.29 is 14.3 Å².